The molecule has 1 aromatic carbocycles. The summed E-state index contributed by atoms with van der Waals surface area (Å²) in [6.07, 6.45) is 0.865. The van der Waals surface area contributed by atoms with Gasteiger partial charge in [-0.1, -0.05) is 18.2 Å². The van der Waals surface area contributed by atoms with Gasteiger partial charge in [-0.2, -0.15) is 0 Å². The van der Waals surface area contributed by atoms with Crippen LogP contribution >= 0.6 is 0 Å². The van der Waals surface area contributed by atoms with Gasteiger partial charge in [0.1, 0.15) is 17.1 Å². The smallest absolute Gasteiger partial charge is 0.279 e. The molecule has 150 valence electrons. The number of piperidine rings is 1. The van der Waals surface area contributed by atoms with Crippen LogP contribution in [-0.2, 0) is 19.6 Å². The second kappa shape index (κ2) is 8.11. The minimum Gasteiger partial charge on any atom is -0.490 e. The number of nitrogens with one attached hydrogen (secondary N) is 1. The summed E-state index contributed by atoms with van der Waals surface area (Å²) in [7, 11) is -3.97. The van der Waals surface area contributed by atoms with Gasteiger partial charge in [-0.05, 0) is 31.4 Å². The molecule has 27 heavy (non-hydrogen) atoms. The van der Waals surface area contributed by atoms with E-state index in [2.05, 4.69) is 0 Å². The van der Waals surface area contributed by atoms with E-state index < -0.39 is 33.4 Å². The van der Waals surface area contributed by atoms with Crippen LogP contribution in [0.2, 0.25) is 0 Å². The third kappa shape index (κ3) is 4.09. The predicted octanol–water partition coefficient (Wildman–Crippen LogP) is -0.115. The number of nitrogens with zero attached hydrogens (tertiary/aromatic N) is 1. The number of hydrogen-bond donors (Lipinski definition) is 3. The summed E-state index contributed by atoms with van der Waals surface area (Å²) >= 11 is 0. The van der Waals surface area contributed by atoms with Crippen LogP contribution in [0, 0.1) is 0 Å². The molecule has 2 unspecified atom stereocenters. The van der Waals surface area contributed by atoms with Crippen molar-refractivity contribution in [3.8, 4) is 5.75 Å². The lowest BCUT2D eigenvalue weighted by atomic mass is 9.95. The Balaban J connectivity index is 1.68. The first-order chi connectivity index (χ1) is 12.9. The van der Waals surface area contributed by atoms with E-state index in [4.69, 9.17) is 14.7 Å². The summed E-state index contributed by atoms with van der Waals surface area (Å²) in [6.45, 7) is 0.0808. The molecule has 0 spiro atoms. The van der Waals surface area contributed by atoms with E-state index >= 15 is 0 Å². The number of ether oxygens (including phenoxy) is 2. The summed E-state index contributed by atoms with van der Waals surface area (Å²) in [6, 6.07) is 9.32. The van der Waals surface area contributed by atoms with Gasteiger partial charge in [0.15, 0.2) is 5.60 Å². The highest BCUT2D eigenvalue weighted by Gasteiger charge is 2.54. The van der Waals surface area contributed by atoms with Crippen LogP contribution in [0.4, 0.5) is 0 Å². The van der Waals surface area contributed by atoms with Crippen molar-refractivity contribution in [3.63, 3.8) is 0 Å². The zero-order valence-electron chi connectivity index (χ0n) is 14.8. The van der Waals surface area contributed by atoms with Crippen molar-refractivity contribution in [3.05, 3.63) is 30.3 Å². The Labute approximate surface area is 157 Å². The van der Waals surface area contributed by atoms with Gasteiger partial charge < -0.3 is 14.6 Å². The van der Waals surface area contributed by atoms with Crippen LogP contribution in [0.5, 0.6) is 5.75 Å². The monoisotopic (exact) mass is 400 g/mol. The lowest BCUT2D eigenvalue weighted by Crippen LogP contribution is -2.64. The number of carbonyl (C=O) groups excluding carboxylic acids is 1. The van der Waals surface area contributed by atoms with E-state index in [0.717, 1.165) is 5.75 Å². The third-order valence-corrected chi connectivity index (χ3v) is 7.47. The zero-order valence-corrected chi connectivity index (χ0v) is 15.6. The van der Waals surface area contributed by atoms with E-state index in [1.54, 1.807) is 0 Å². The van der Waals surface area contributed by atoms with Crippen molar-refractivity contribution in [2.75, 3.05) is 26.3 Å². The number of aliphatic hydroxyl groups is 1. The van der Waals surface area contributed by atoms with E-state index in [-0.39, 0.29) is 32.2 Å². The van der Waals surface area contributed by atoms with Gasteiger partial charge in [0.05, 0.1) is 6.61 Å². The van der Waals surface area contributed by atoms with Crippen LogP contribution < -0.4 is 10.2 Å². The molecule has 1 amide bonds. The quantitative estimate of drug-likeness (QED) is 0.465. The van der Waals surface area contributed by atoms with Gasteiger partial charge in [0.2, 0.25) is 10.0 Å². The van der Waals surface area contributed by atoms with Crippen molar-refractivity contribution in [2.24, 2.45) is 0 Å². The Morgan fingerprint density at radius 2 is 1.89 bits per heavy atom. The SMILES string of the molecule is O=C(NO)C1(O)COCCC1S(=O)(=O)N1CCC(Oc2ccccc2)CC1. The van der Waals surface area contributed by atoms with Gasteiger partial charge in [-0.15, -0.1) is 0 Å². The maximum atomic E-state index is 13.0. The Hall–Kier alpha value is -1.72. The molecule has 0 radical (unpaired) electrons. The molecule has 2 aliphatic rings. The van der Waals surface area contributed by atoms with Gasteiger partial charge in [-0.3, -0.25) is 10.0 Å². The number of sulfonamides is 1. The Morgan fingerprint density at radius 1 is 1.22 bits per heavy atom. The second-order valence-corrected chi connectivity index (χ2v) is 8.88. The standard InChI is InChI=1S/C17H24N2O7S/c20-16(18-22)17(21)12-25-11-8-15(17)27(23,24)19-9-6-14(7-10-19)26-13-4-2-1-3-5-13/h1-5,14-15,21-22H,6-12H2,(H,18,20). The van der Waals surface area contributed by atoms with Crippen molar-refractivity contribution < 1.29 is 33.0 Å². The molecule has 2 heterocycles. The van der Waals surface area contributed by atoms with Crippen LogP contribution in [0.1, 0.15) is 19.3 Å². The molecule has 0 aromatic heterocycles. The number of carbonyl (C=O) groups is 1. The first kappa shape index (κ1) is 20.0. The molecular weight excluding hydrogens is 376 g/mol. The minimum absolute atomic E-state index is 0.0350. The average Bonchev–Trinajstić information content (AvgIpc) is 2.68. The molecule has 1 aromatic rings. The van der Waals surface area contributed by atoms with Crippen LogP contribution in [0.3, 0.4) is 0 Å². The van der Waals surface area contributed by atoms with Crippen molar-refractivity contribution in [2.45, 2.75) is 36.2 Å². The summed E-state index contributed by atoms with van der Waals surface area (Å²) in [4.78, 5) is 11.9. The normalized spacial score (nSPS) is 27.9. The Morgan fingerprint density at radius 3 is 2.52 bits per heavy atom. The van der Waals surface area contributed by atoms with E-state index in [1.165, 1.54) is 9.79 Å². The highest BCUT2D eigenvalue weighted by atomic mass is 32.2. The molecule has 2 atom stereocenters. The third-order valence-electron chi connectivity index (χ3n) is 5.04. The minimum atomic E-state index is -3.97. The average molecular weight is 400 g/mol. The fraction of sp³-hybridized carbons (Fsp3) is 0.588. The van der Waals surface area contributed by atoms with Crippen molar-refractivity contribution in [1.82, 2.24) is 9.79 Å². The Kier molecular flexibility index (Phi) is 6.02. The summed E-state index contributed by atoms with van der Waals surface area (Å²) < 4.78 is 38.3. The highest BCUT2D eigenvalue weighted by Crippen LogP contribution is 2.31. The number of benzene rings is 1. The van der Waals surface area contributed by atoms with E-state index in [1.807, 2.05) is 30.3 Å². The molecule has 3 N–H and O–H groups in total. The van der Waals surface area contributed by atoms with Crippen LogP contribution in [0.15, 0.2) is 30.3 Å². The van der Waals surface area contributed by atoms with Crippen molar-refractivity contribution in [1.29, 1.82) is 0 Å². The number of amides is 1. The molecule has 2 saturated heterocycles. The molecule has 9 nitrogen and oxygen atoms in total. The largest absolute Gasteiger partial charge is 0.490 e. The van der Waals surface area contributed by atoms with E-state index in [0.29, 0.717) is 12.8 Å². The van der Waals surface area contributed by atoms with Gasteiger partial charge in [0, 0.05) is 19.7 Å². The highest BCUT2D eigenvalue weighted by molar-refractivity contribution is 7.89. The number of rotatable bonds is 5. The Bertz CT molecular complexity index is 750. The predicted molar refractivity (Wildman–Crippen MR) is 94.7 cm³/mol. The fourth-order valence-electron chi connectivity index (χ4n) is 3.53. The van der Waals surface area contributed by atoms with Crippen LogP contribution in [0.25, 0.3) is 0 Å². The number of hydrogen-bond acceptors (Lipinski definition) is 7. The summed E-state index contributed by atoms with van der Waals surface area (Å²) in [5.74, 6) is -0.449. The maximum absolute atomic E-state index is 13.0. The molecule has 0 saturated carbocycles. The lowest BCUT2D eigenvalue weighted by molar-refractivity contribution is -0.161. The van der Waals surface area contributed by atoms with E-state index in [9.17, 15) is 18.3 Å². The van der Waals surface area contributed by atoms with Crippen LogP contribution in [-0.4, -0.2) is 72.2 Å². The molecule has 0 aliphatic carbocycles. The molecule has 2 aliphatic heterocycles. The molecular formula is C17H24N2O7S. The fourth-order valence-corrected chi connectivity index (χ4v) is 5.67. The van der Waals surface area contributed by atoms with Gasteiger partial charge in [-0.25, -0.2) is 18.2 Å². The molecule has 10 heteroatoms. The first-order valence-electron chi connectivity index (χ1n) is 8.83. The number of hydroxylamine groups is 1. The summed E-state index contributed by atoms with van der Waals surface area (Å²) in [5.41, 5.74) is -0.987. The molecule has 0 bridgehead atoms. The molecule has 2 fully saturated rings. The summed E-state index contributed by atoms with van der Waals surface area (Å²) in [5, 5.41) is 18.1. The topological polar surface area (TPSA) is 125 Å². The molecule has 3 rings (SSSR count). The number of para-hydroxylation sites is 1. The zero-order chi connectivity index (χ0) is 19.5. The van der Waals surface area contributed by atoms with Crippen molar-refractivity contribution >= 4 is 15.9 Å². The van der Waals surface area contributed by atoms with Gasteiger partial charge >= 0.3 is 0 Å². The first-order valence-corrected chi connectivity index (χ1v) is 10.3. The second-order valence-electron chi connectivity index (χ2n) is 6.77. The lowest BCUT2D eigenvalue weighted by Gasteiger charge is -2.41. The van der Waals surface area contributed by atoms with Gasteiger partial charge in [0.25, 0.3) is 5.91 Å². The maximum Gasteiger partial charge on any atom is 0.279 e.